The second kappa shape index (κ2) is 7.26. The first-order valence-electron chi connectivity index (χ1n) is 8.02. The molecule has 0 saturated heterocycles. The van der Waals surface area contributed by atoms with E-state index in [0.717, 1.165) is 16.5 Å². The number of halogens is 2. The zero-order chi connectivity index (χ0) is 18.8. The molecule has 1 amide bonds. The molecule has 0 aliphatic carbocycles. The van der Waals surface area contributed by atoms with Crippen molar-refractivity contribution in [2.75, 3.05) is 0 Å². The topological polar surface area (TPSA) is 85.9 Å². The maximum absolute atomic E-state index is 12.3. The molecule has 3 N–H and O–H groups in total. The van der Waals surface area contributed by atoms with Crippen molar-refractivity contribution in [1.29, 1.82) is 0 Å². The van der Waals surface area contributed by atoms with Gasteiger partial charge in [0.15, 0.2) is 0 Å². The number of aromatic amines is 2. The standard InChI is InChI=1S/C19H13Cl2N5O/c20-12-6-5-11(15(21)7-12)9-23-26-19(27)18-8-17(24-25-18)14-10-22-16-4-2-1-3-13(14)16/h1-10,22H,(H,24,25)(H,26,27)/b23-9-. The molecule has 0 aliphatic rings. The van der Waals surface area contributed by atoms with E-state index in [1.807, 2.05) is 30.5 Å². The van der Waals surface area contributed by atoms with Gasteiger partial charge in [-0.25, -0.2) is 5.43 Å². The SMILES string of the molecule is O=C(N/N=C\c1ccc(Cl)cc1Cl)c1cc(-c2c[nH]c3ccccc23)n[nH]1. The lowest BCUT2D eigenvalue weighted by molar-refractivity contribution is 0.0950. The minimum atomic E-state index is -0.407. The summed E-state index contributed by atoms with van der Waals surface area (Å²) in [5, 5.41) is 12.9. The molecule has 4 aromatic rings. The Balaban J connectivity index is 1.49. The molecule has 0 radical (unpaired) electrons. The van der Waals surface area contributed by atoms with E-state index in [1.165, 1.54) is 6.21 Å². The normalized spacial score (nSPS) is 11.3. The van der Waals surface area contributed by atoms with Gasteiger partial charge in [0.2, 0.25) is 0 Å². The quantitative estimate of drug-likeness (QED) is 0.346. The minimum Gasteiger partial charge on any atom is -0.360 e. The maximum atomic E-state index is 12.3. The highest BCUT2D eigenvalue weighted by atomic mass is 35.5. The molecule has 6 nitrogen and oxygen atoms in total. The van der Waals surface area contributed by atoms with Crippen LogP contribution in [0.1, 0.15) is 16.1 Å². The number of aromatic nitrogens is 3. The molecular weight excluding hydrogens is 385 g/mol. The first kappa shape index (κ1) is 17.3. The van der Waals surface area contributed by atoms with Gasteiger partial charge < -0.3 is 4.98 Å². The van der Waals surface area contributed by atoms with Crippen molar-refractivity contribution in [2.45, 2.75) is 0 Å². The Hall–Kier alpha value is -3.09. The largest absolute Gasteiger partial charge is 0.360 e. The second-order valence-corrected chi connectivity index (χ2v) is 6.62. The fourth-order valence-corrected chi connectivity index (χ4v) is 3.14. The van der Waals surface area contributed by atoms with Crippen LogP contribution in [0.25, 0.3) is 22.2 Å². The molecule has 2 aromatic carbocycles. The van der Waals surface area contributed by atoms with Crippen LogP contribution in [0.2, 0.25) is 10.0 Å². The van der Waals surface area contributed by atoms with Gasteiger partial charge >= 0.3 is 0 Å². The number of nitrogens with zero attached hydrogens (tertiary/aromatic N) is 2. The van der Waals surface area contributed by atoms with Gasteiger partial charge in [0.05, 0.1) is 16.9 Å². The second-order valence-electron chi connectivity index (χ2n) is 5.78. The number of nitrogens with one attached hydrogen (secondary N) is 3. The van der Waals surface area contributed by atoms with Gasteiger partial charge in [-0.05, 0) is 24.3 Å². The molecule has 0 unspecified atom stereocenters. The highest BCUT2D eigenvalue weighted by molar-refractivity contribution is 6.36. The first-order chi connectivity index (χ1) is 13.1. The molecule has 134 valence electrons. The lowest BCUT2D eigenvalue weighted by atomic mass is 10.1. The van der Waals surface area contributed by atoms with Gasteiger partial charge in [-0.2, -0.15) is 10.2 Å². The third kappa shape index (κ3) is 3.58. The highest BCUT2D eigenvalue weighted by Gasteiger charge is 2.13. The molecule has 2 heterocycles. The Kier molecular flexibility index (Phi) is 4.66. The molecule has 0 fully saturated rings. The number of hydrazone groups is 1. The number of carbonyl (C=O) groups is 1. The van der Waals surface area contributed by atoms with Crippen LogP contribution in [0, 0.1) is 0 Å². The number of fused-ring (bicyclic) bond motifs is 1. The highest BCUT2D eigenvalue weighted by Crippen LogP contribution is 2.27. The van der Waals surface area contributed by atoms with Crippen LogP contribution >= 0.6 is 23.2 Å². The molecule has 0 saturated carbocycles. The van der Waals surface area contributed by atoms with Crippen molar-refractivity contribution in [3.63, 3.8) is 0 Å². The van der Waals surface area contributed by atoms with Crippen LogP contribution in [0.5, 0.6) is 0 Å². The minimum absolute atomic E-state index is 0.301. The van der Waals surface area contributed by atoms with Gasteiger partial charge in [0, 0.05) is 33.2 Å². The van der Waals surface area contributed by atoms with Crippen LogP contribution < -0.4 is 5.43 Å². The number of hydrogen-bond donors (Lipinski definition) is 3. The van der Waals surface area contributed by atoms with E-state index in [0.29, 0.717) is 27.0 Å². The average Bonchev–Trinajstić information content (AvgIpc) is 3.30. The van der Waals surface area contributed by atoms with Crippen LogP contribution in [0.3, 0.4) is 0 Å². The Morgan fingerprint density at radius 2 is 2.00 bits per heavy atom. The number of H-pyrrole nitrogens is 2. The van der Waals surface area contributed by atoms with Crippen molar-refractivity contribution < 1.29 is 4.79 Å². The van der Waals surface area contributed by atoms with Gasteiger partial charge in [-0.15, -0.1) is 0 Å². The maximum Gasteiger partial charge on any atom is 0.289 e. The summed E-state index contributed by atoms with van der Waals surface area (Å²) in [7, 11) is 0. The van der Waals surface area contributed by atoms with E-state index in [9.17, 15) is 4.79 Å². The third-order valence-corrected chi connectivity index (χ3v) is 4.58. The van der Waals surface area contributed by atoms with Gasteiger partial charge in [0.25, 0.3) is 5.91 Å². The van der Waals surface area contributed by atoms with Gasteiger partial charge in [-0.3, -0.25) is 9.89 Å². The monoisotopic (exact) mass is 397 g/mol. The van der Waals surface area contributed by atoms with E-state index >= 15 is 0 Å². The molecule has 0 bridgehead atoms. The Morgan fingerprint density at radius 3 is 2.85 bits per heavy atom. The van der Waals surface area contributed by atoms with E-state index in [2.05, 4.69) is 25.7 Å². The molecule has 2 aromatic heterocycles. The molecule has 0 atom stereocenters. The number of rotatable bonds is 4. The summed E-state index contributed by atoms with van der Waals surface area (Å²) in [6, 6.07) is 14.6. The lowest BCUT2D eigenvalue weighted by Crippen LogP contribution is -2.18. The summed E-state index contributed by atoms with van der Waals surface area (Å²) in [5.74, 6) is -0.407. The predicted molar refractivity (Wildman–Crippen MR) is 107 cm³/mol. The molecule has 4 rings (SSSR count). The third-order valence-electron chi connectivity index (χ3n) is 4.02. The van der Waals surface area contributed by atoms with Crippen molar-refractivity contribution in [3.8, 4) is 11.3 Å². The van der Waals surface area contributed by atoms with Crippen molar-refractivity contribution in [1.82, 2.24) is 20.6 Å². The van der Waals surface area contributed by atoms with Crippen molar-refractivity contribution in [3.05, 3.63) is 76.0 Å². The number of para-hydroxylation sites is 1. The molecule has 8 heteroatoms. The van der Waals surface area contributed by atoms with Crippen molar-refractivity contribution in [2.24, 2.45) is 5.10 Å². The summed E-state index contributed by atoms with van der Waals surface area (Å²) >= 11 is 11.9. The van der Waals surface area contributed by atoms with Gasteiger partial charge in [-0.1, -0.05) is 47.5 Å². The van der Waals surface area contributed by atoms with Crippen LogP contribution in [0.15, 0.2) is 59.8 Å². The summed E-state index contributed by atoms with van der Waals surface area (Å²) < 4.78 is 0. The van der Waals surface area contributed by atoms with E-state index in [4.69, 9.17) is 23.2 Å². The zero-order valence-corrected chi connectivity index (χ0v) is 15.3. The molecule has 27 heavy (non-hydrogen) atoms. The fourth-order valence-electron chi connectivity index (χ4n) is 2.69. The zero-order valence-electron chi connectivity index (χ0n) is 13.8. The lowest BCUT2D eigenvalue weighted by Gasteiger charge is -1.99. The van der Waals surface area contributed by atoms with Crippen LogP contribution in [0.4, 0.5) is 0 Å². The van der Waals surface area contributed by atoms with E-state index in [1.54, 1.807) is 24.3 Å². The summed E-state index contributed by atoms with van der Waals surface area (Å²) in [6.45, 7) is 0. The number of carbonyl (C=O) groups excluding carboxylic acids is 1. The molecule has 0 aliphatic heterocycles. The van der Waals surface area contributed by atoms with Gasteiger partial charge in [0.1, 0.15) is 5.69 Å². The Labute approximate surface area is 164 Å². The van der Waals surface area contributed by atoms with Crippen molar-refractivity contribution >= 4 is 46.2 Å². The fraction of sp³-hybridized carbons (Fsp3) is 0. The molecule has 0 spiro atoms. The number of hydrogen-bond acceptors (Lipinski definition) is 3. The molecular formula is C19H13Cl2N5O. The summed E-state index contributed by atoms with van der Waals surface area (Å²) in [6.07, 6.45) is 3.32. The number of amides is 1. The Morgan fingerprint density at radius 1 is 1.15 bits per heavy atom. The van der Waals surface area contributed by atoms with E-state index in [-0.39, 0.29) is 0 Å². The average molecular weight is 398 g/mol. The summed E-state index contributed by atoms with van der Waals surface area (Å²) in [5.41, 5.74) is 5.98. The predicted octanol–water partition coefficient (Wildman–Crippen LogP) is 4.63. The van der Waals surface area contributed by atoms with Crippen LogP contribution in [-0.2, 0) is 0 Å². The van der Waals surface area contributed by atoms with E-state index < -0.39 is 5.91 Å². The Bertz CT molecular complexity index is 1160. The number of benzene rings is 2. The first-order valence-corrected chi connectivity index (χ1v) is 8.78. The van der Waals surface area contributed by atoms with Crippen LogP contribution in [-0.4, -0.2) is 27.3 Å². The smallest absolute Gasteiger partial charge is 0.289 e. The summed E-state index contributed by atoms with van der Waals surface area (Å²) in [4.78, 5) is 15.4.